The molecule has 20 heavy (non-hydrogen) atoms. The molecule has 0 aliphatic rings. The van der Waals surface area contributed by atoms with Crippen LogP contribution in [0.1, 0.15) is 25.0 Å². The monoisotopic (exact) mass is 295 g/mol. The quantitative estimate of drug-likeness (QED) is 0.884. The molecule has 0 unspecified atom stereocenters. The lowest BCUT2D eigenvalue weighted by Gasteiger charge is -2.05. The van der Waals surface area contributed by atoms with Crippen molar-refractivity contribution in [2.45, 2.75) is 26.9 Å². The average Bonchev–Trinajstić information content (AvgIpc) is 2.81. The van der Waals surface area contributed by atoms with Crippen molar-refractivity contribution in [1.29, 1.82) is 0 Å². The van der Waals surface area contributed by atoms with Gasteiger partial charge < -0.3 is 5.32 Å². The molecule has 5 heteroatoms. The van der Waals surface area contributed by atoms with Gasteiger partial charge in [0.05, 0.1) is 12.7 Å². The molecule has 0 radical (unpaired) electrons. The molecule has 2 rings (SSSR count). The van der Waals surface area contributed by atoms with Gasteiger partial charge in [0.1, 0.15) is 5.82 Å². The van der Waals surface area contributed by atoms with Crippen molar-refractivity contribution in [2.24, 2.45) is 5.92 Å². The number of hydrogen-bond donors (Lipinski definition) is 1. The van der Waals surface area contributed by atoms with E-state index in [2.05, 4.69) is 24.3 Å². The fraction of sp³-hybridized carbons (Fsp3) is 0.400. The van der Waals surface area contributed by atoms with Crippen LogP contribution in [0.4, 0.5) is 4.39 Å². The third kappa shape index (κ3) is 4.32. The molecule has 0 atom stereocenters. The molecule has 2 aromatic rings. The molecule has 1 heterocycles. The SMILES string of the molecule is CC(C)CNCc1cnn(Cc2cc(Cl)ccc2F)c1. The highest BCUT2D eigenvalue weighted by atomic mass is 35.5. The predicted octanol–water partition coefficient (Wildman–Crippen LogP) is 3.47. The van der Waals surface area contributed by atoms with Crippen LogP contribution in [0.15, 0.2) is 30.6 Å². The van der Waals surface area contributed by atoms with E-state index in [1.807, 2.05) is 6.20 Å². The molecule has 0 aliphatic heterocycles. The summed E-state index contributed by atoms with van der Waals surface area (Å²) in [4.78, 5) is 0. The normalized spacial score (nSPS) is 11.2. The lowest BCUT2D eigenvalue weighted by molar-refractivity contribution is 0.551. The van der Waals surface area contributed by atoms with Gasteiger partial charge >= 0.3 is 0 Å². The van der Waals surface area contributed by atoms with Crippen LogP contribution >= 0.6 is 11.6 Å². The van der Waals surface area contributed by atoms with E-state index >= 15 is 0 Å². The molecule has 0 saturated carbocycles. The van der Waals surface area contributed by atoms with Crippen molar-refractivity contribution < 1.29 is 4.39 Å². The van der Waals surface area contributed by atoms with Crippen molar-refractivity contribution in [3.63, 3.8) is 0 Å². The standard InChI is InChI=1S/C15H19ClFN3/c1-11(2)6-18-7-12-8-19-20(9-12)10-13-5-14(16)3-4-15(13)17/h3-5,8-9,11,18H,6-7,10H2,1-2H3. The minimum Gasteiger partial charge on any atom is -0.312 e. The van der Waals surface area contributed by atoms with Gasteiger partial charge in [-0.2, -0.15) is 5.10 Å². The van der Waals surface area contributed by atoms with Crippen LogP contribution in [0.5, 0.6) is 0 Å². The number of aromatic nitrogens is 2. The largest absolute Gasteiger partial charge is 0.312 e. The number of halogens is 2. The summed E-state index contributed by atoms with van der Waals surface area (Å²) in [7, 11) is 0. The number of benzene rings is 1. The molecule has 3 nitrogen and oxygen atoms in total. The second-order valence-corrected chi connectivity index (χ2v) is 5.74. The molecule has 0 aliphatic carbocycles. The van der Waals surface area contributed by atoms with Gasteiger partial charge in [-0.25, -0.2) is 4.39 Å². The zero-order valence-electron chi connectivity index (χ0n) is 11.7. The van der Waals surface area contributed by atoms with Crippen LogP contribution in [0, 0.1) is 11.7 Å². The number of nitrogens with one attached hydrogen (secondary N) is 1. The van der Waals surface area contributed by atoms with Gasteiger partial charge in [0.2, 0.25) is 0 Å². The summed E-state index contributed by atoms with van der Waals surface area (Å²) in [5, 5.41) is 8.13. The molecule has 0 amide bonds. The fourth-order valence-corrected chi connectivity index (χ4v) is 2.12. The van der Waals surface area contributed by atoms with Gasteiger partial charge in [-0.3, -0.25) is 4.68 Å². The maximum absolute atomic E-state index is 13.6. The van der Waals surface area contributed by atoms with Crippen molar-refractivity contribution in [3.05, 3.63) is 52.6 Å². The molecule has 1 N–H and O–H groups in total. The van der Waals surface area contributed by atoms with E-state index in [0.29, 0.717) is 23.0 Å². The summed E-state index contributed by atoms with van der Waals surface area (Å²) < 4.78 is 15.4. The van der Waals surface area contributed by atoms with E-state index in [4.69, 9.17) is 11.6 Å². The first-order valence-corrected chi connectivity index (χ1v) is 7.08. The van der Waals surface area contributed by atoms with Crippen molar-refractivity contribution >= 4 is 11.6 Å². The first-order valence-electron chi connectivity index (χ1n) is 6.70. The highest BCUT2D eigenvalue weighted by molar-refractivity contribution is 6.30. The zero-order chi connectivity index (χ0) is 14.5. The second-order valence-electron chi connectivity index (χ2n) is 5.31. The first kappa shape index (κ1) is 15.0. The Morgan fingerprint density at radius 3 is 2.95 bits per heavy atom. The first-order chi connectivity index (χ1) is 9.54. The fourth-order valence-electron chi connectivity index (χ4n) is 1.93. The van der Waals surface area contributed by atoms with Crippen LogP contribution in [0.25, 0.3) is 0 Å². The molecule has 0 spiro atoms. The maximum atomic E-state index is 13.6. The summed E-state index contributed by atoms with van der Waals surface area (Å²) in [5.74, 6) is 0.356. The molecule has 0 fully saturated rings. The van der Waals surface area contributed by atoms with Gasteiger partial charge in [0.25, 0.3) is 0 Å². The Bertz CT molecular complexity index is 566. The van der Waals surface area contributed by atoms with Crippen LogP contribution in [0.2, 0.25) is 5.02 Å². The summed E-state index contributed by atoms with van der Waals surface area (Å²) in [6.07, 6.45) is 3.73. The zero-order valence-corrected chi connectivity index (χ0v) is 12.5. The number of hydrogen-bond acceptors (Lipinski definition) is 2. The lowest BCUT2D eigenvalue weighted by Crippen LogP contribution is -2.18. The van der Waals surface area contributed by atoms with Crippen molar-refractivity contribution in [2.75, 3.05) is 6.54 Å². The van der Waals surface area contributed by atoms with Crippen molar-refractivity contribution in [3.8, 4) is 0 Å². The van der Waals surface area contributed by atoms with Crippen LogP contribution in [-0.2, 0) is 13.1 Å². The van der Waals surface area contributed by atoms with E-state index in [9.17, 15) is 4.39 Å². The Hall–Kier alpha value is -1.39. The number of nitrogens with zero attached hydrogens (tertiary/aromatic N) is 2. The Balaban J connectivity index is 1.97. The van der Waals surface area contributed by atoms with Crippen molar-refractivity contribution in [1.82, 2.24) is 15.1 Å². The minimum atomic E-state index is -0.260. The highest BCUT2D eigenvalue weighted by Gasteiger charge is 2.05. The van der Waals surface area contributed by atoms with E-state index in [0.717, 1.165) is 18.7 Å². The third-order valence-corrected chi connectivity index (χ3v) is 3.14. The molecule has 1 aromatic heterocycles. The van der Waals surface area contributed by atoms with E-state index in [-0.39, 0.29) is 5.82 Å². The Morgan fingerprint density at radius 1 is 1.40 bits per heavy atom. The molecular formula is C15H19ClFN3. The maximum Gasteiger partial charge on any atom is 0.128 e. The summed E-state index contributed by atoms with van der Waals surface area (Å²) >= 11 is 5.88. The second kappa shape index (κ2) is 6.86. The summed E-state index contributed by atoms with van der Waals surface area (Å²) in [5.41, 5.74) is 1.63. The van der Waals surface area contributed by atoms with Gasteiger partial charge in [-0.05, 0) is 30.7 Å². The molecule has 0 saturated heterocycles. The van der Waals surface area contributed by atoms with E-state index in [1.54, 1.807) is 23.0 Å². The lowest BCUT2D eigenvalue weighted by atomic mass is 10.2. The van der Waals surface area contributed by atoms with Gasteiger partial charge in [-0.1, -0.05) is 25.4 Å². The third-order valence-electron chi connectivity index (χ3n) is 2.91. The van der Waals surface area contributed by atoms with Gasteiger partial charge in [-0.15, -0.1) is 0 Å². The summed E-state index contributed by atoms with van der Waals surface area (Å²) in [6.45, 7) is 6.46. The summed E-state index contributed by atoms with van der Waals surface area (Å²) in [6, 6.07) is 4.56. The van der Waals surface area contributed by atoms with Crippen LogP contribution in [0.3, 0.4) is 0 Å². The Kier molecular flexibility index (Phi) is 5.15. The Labute approximate surface area is 123 Å². The molecule has 0 bridgehead atoms. The van der Waals surface area contributed by atoms with Crippen LogP contribution in [-0.4, -0.2) is 16.3 Å². The molecule has 1 aromatic carbocycles. The average molecular weight is 296 g/mol. The van der Waals surface area contributed by atoms with E-state index in [1.165, 1.54) is 6.07 Å². The smallest absolute Gasteiger partial charge is 0.128 e. The van der Waals surface area contributed by atoms with Crippen LogP contribution < -0.4 is 5.32 Å². The molecule has 108 valence electrons. The predicted molar refractivity (Wildman–Crippen MR) is 79.3 cm³/mol. The number of rotatable bonds is 6. The highest BCUT2D eigenvalue weighted by Crippen LogP contribution is 2.16. The van der Waals surface area contributed by atoms with Gasteiger partial charge in [0.15, 0.2) is 0 Å². The van der Waals surface area contributed by atoms with Gasteiger partial charge in [0, 0.05) is 28.9 Å². The topological polar surface area (TPSA) is 29.9 Å². The Morgan fingerprint density at radius 2 is 2.20 bits per heavy atom. The van der Waals surface area contributed by atoms with E-state index < -0.39 is 0 Å². The molecular weight excluding hydrogens is 277 g/mol. The minimum absolute atomic E-state index is 0.260.